The zero-order valence-corrected chi connectivity index (χ0v) is 15.8. The van der Waals surface area contributed by atoms with E-state index in [1.807, 2.05) is 6.92 Å². The maximum absolute atomic E-state index is 4.71. The van der Waals surface area contributed by atoms with Gasteiger partial charge < -0.3 is 10.6 Å². The van der Waals surface area contributed by atoms with E-state index >= 15 is 0 Å². The average Bonchev–Trinajstić information content (AvgIpc) is 2.95. The molecular formula is C20H24N4S. The summed E-state index contributed by atoms with van der Waals surface area (Å²) in [7, 11) is 0. The molecule has 1 heterocycles. The van der Waals surface area contributed by atoms with E-state index in [1.54, 1.807) is 11.3 Å². The van der Waals surface area contributed by atoms with Gasteiger partial charge in [0.05, 0.1) is 18.8 Å². The van der Waals surface area contributed by atoms with Gasteiger partial charge in [-0.1, -0.05) is 36.4 Å². The third-order valence-corrected chi connectivity index (χ3v) is 5.13. The van der Waals surface area contributed by atoms with Crippen molar-refractivity contribution in [2.24, 2.45) is 4.99 Å². The number of guanidine groups is 1. The van der Waals surface area contributed by atoms with Crippen molar-refractivity contribution in [3.63, 3.8) is 0 Å². The van der Waals surface area contributed by atoms with Gasteiger partial charge in [-0.15, -0.1) is 11.3 Å². The highest BCUT2D eigenvalue weighted by molar-refractivity contribution is 7.11. The van der Waals surface area contributed by atoms with E-state index in [1.165, 1.54) is 21.2 Å². The monoisotopic (exact) mass is 352 g/mol. The molecule has 130 valence electrons. The molecule has 2 aromatic carbocycles. The van der Waals surface area contributed by atoms with Gasteiger partial charge in [0.15, 0.2) is 5.96 Å². The molecule has 4 nitrogen and oxygen atoms in total. The molecule has 5 heteroatoms. The Bertz CT molecular complexity index is 863. The van der Waals surface area contributed by atoms with Crippen molar-refractivity contribution in [2.75, 3.05) is 6.54 Å². The Morgan fingerprint density at radius 3 is 2.60 bits per heavy atom. The normalized spacial score (nSPS) is 11.7. The Labute approximate surface area is 153 Å². The Kier molecular flexibility index (Phi) is 5.66. The fourth-order valence-electron chi connectivity index (χ4n) is 2.62. The van der Waals surface area contributed by atoms with Crippen LogP contribution in [0.4, 0.5) is 0 Å². The quantitative estimate of drug-likeness (QED) is 0.535. The first-order valence-electron chi connectivity index (χ1n) is 8.58. The number of nitrogens with zero attached hydrogens (tertiary/aromatic N) is 2. The second kappa shape index (κ2) is 8.12. The zero-order chi connectivity index (χ0) is 17.6. The molecule has 0 unspecified atom stereocenters. The van der Waals surface area contributed by atoms with Crippen molar-refractivity contribution in [1.82, 2.24) is 15.6 Å². The van der Waals surface area contributed by atoms with Gasteiger partial charge in [0.1, 0.15) is 5.01 Å². The van der Waals surface area contributed by atoms with Gasteiger partial charge in [-0.25, -0.2) is 9.98 Å². The minimum atomic E-state index is 0.649. The van der Waals surface area contributed by atoms with E-state index in [4.69, 9.17) is 4.99 Å². The molecule has 0 spiro atoms. The second-order valence-corrected chi connectivity index (χ2v) is 7.27. The maximum atomic E-state index is 4.71. The number of aromatic nitrogens is 1. The Balaban J connectivity index is 1.67. The molecule has 3 aromatic rings. The van der Waals surface area contributed by atoms with Crippen molar-refractivity contribution < 1.29 is 0 Å². The Hall–Kier alpha value is -2.40. The minimum Gasteiger partial charge on any atom is -0.357 e. The van der Waals surface area contributed by atoms with Crippen LogP contribution < -0.4 is 10.6 Å². The van der Waals surface area contributed by atoms with Crippen LogP contribution in [0.25, 0.3) is 10.8 Å². The number of hydrogen-bond acceptors (Lipinski definition) is 3. The topological polar surface area (TPSA) is 49.3 Å². The summed E-state index contributed by atoms with van der Waals surface area (Å²) in [4.78, 5) is 10.5. The van der Waals surface area contributed by atoms with Gasteiger partial charge in [-0.3, -0.25) is 0 Å². The van der Waals surface area contributed by atoms with Crippen LogP contribution in [0.2, 0.25) is 0 Å². The van der Waals surface area contributed by atoms with Crippen LogP contribution in [0.5, 0.6) is 0 Å². The molecule has 25 heavy (non-hydrogen) atoms. The number of benzene rings is 2. The van der Waals surface area contributed by atoms with E-state index in [0.717, 1.165) is 23.2 Å². The number of aryl methyl sites for hydroxylation is 2. The summed E-state index contributed by atoms with van der Waals surface area (Å²) in [5, 5.41) is 10.3. The number of aliphatic imine (C=N–C) groups is 1. The maximum Gasteiger partial charge on any atom is 0.191 e. The summed E-state index contributed by atoms with van der Waals surface area (Å²) >= 11 is 1.73. The largest absolute Gasteiger partial charge is 0.357 e. The smallest absolute Gasteiger partial charge is 0.191 e. The van der Waals surface area contributed by atoms with E-state index in [-0.39, 0.29) is 0 Å². The number of rotatable bonds is 5. The third kappa shape index (κ3) is 4.57. The molecule has 0 aliphatic heterocycles. The SMILES string of the molecule is CCNC(=NCc1ccc2ccccc2c1)NCc1nc(C)c(C)s1. The van der Waals surface area contributed by atoms with Crippen molar-refractivity contribution in [3.8, 4) is 0 Å². The molecular weight excluding hydrogens is 328 g/mol. The molecule has 0 radical (unpaired) electrons. The van der Waals surface area contributed by atoms with Gasteiger partial charge in [-0.2, -0.15) is 0 Å². The van der Waals surface area contributed by atoms with Crippen molar-refractivity contribution in [3.05, 3.63) is 63.6 Å². The second-order valence-electron chi connectivity index (χ2n) is 5.98. The van der Waals surface area contributed by atoms with E-state index in [9.17, 15) is 0 Å². The minimum absolute atomic E-state index is 0.649. The summed E-state index contributed by atoms with van der Waals surface area (Å²) < 4.78 is 0. The third-order valence-electron chi connectivity index (χ3n) is 4.06. The first kappa shape index (κ1) is 17.4. The molecule has 0 bridgehead atoms. The Morgan fingerprint density at radius 1 is 1.08 bits per heavy atom. The lowest BCUT2D eigenvalue weighted by molar-refractivity contribution is 0.810. The summed E-state index contributed by atoms with van der Waals surface area (Å²) in [5.74, 6) is 0.821. The van der Waals surface area contributed by atoms with Gasteiger partial charge in [0, 0.05) is 11.4 Å². The Morgan fingerprint density at radius 2 is 1.88 bits per heavy atom. The van der Waals surface area contributed by atoms with Crippen LogP contribution in [0.1, 0.15) is 28.1 Å². The lowest BCUT2D eigenvalue weighted by atomic mass is 10.1. The lowest BCUT2D eigenvalue weighted by Gasteiger charge is -2.10. The number of hydrogen-bond donors (Lipinski definition) is 2. The highest BCUT2D eigenvalue weighted by Gasteiger charge is 2.05. The first-order chi connectivity index (χ1) is 12.2. The van der Waals surface area contributed by atoms with Crippen LogP contribution in [0.15, 0.2) is 47.5 Å². The van der Waals surface area contributed by atoms with Gasteiger partial charge in [-0.05, 0) is 43.2 Å². The van der Waals surface area contributed by atoms with Crippen LogP contribution in [0.3, 0.4) is 0 Å². The summed E-state index contributed by atoms with van der Waals surface area (Å²) in [6.07, 6.45) is 0. The van der Waals surface area contributed by atoms with Gasteiger partial charge in [0.25, 0.3) is 0 Å². The molecule has 2 N–H and O–H groups in total. The summed E-state index contributed by atoms with van der Waals surface area (Å²) in [6.45, 7) is 8.41. The predicted octanol–water partition coefficient (Wildman–Crippen LogP) is 4.17. The van der Waals surface area contributed by atoms with Gasteiger partial charge >= 0.3 is 0 Å². The molecule has 0 saturated heterocycles. The summed E-state index contributed by atoms with van der Waals surface area (Å²) in [6, 6.07) is 14.9. The molecule has 3 rings (SSSR count). The molecule has 0 fully saturated rings. The van der Waals surface area contributed by atoms with Crippen molar-refractivity contribution >= 4 is 28.1 Å². The predicted molar refractivity (Wildman–Crippen MR) is 107 cm³/mol. The van der Waals surface area contributed by atoms with Crippen LogP contribution in [0, 0.1) is 13.8 Å². The van der Waals surface area contributed by atoms with E-state index < -0.39 is 0 Å². The molecule has 1 aromatic heterocycles. The van der Waals surface area contributed by atoms with E-state index in [0.29, 0.717) is 13.1 Å². The average molecular weight is 353 g/mol. The summed E-state index contributed by atoms with van der Waals surface area (Å²) in [5.41, 5.74) is 2.32. The van der Waals surface area contributed by atoms with Crippen LogP contribution >= 0.6 is 11.3 Å². The van der Waals surface area contributed by atoms with E-state index in [2.05, 4.69) is 71.9 Å². The molecule has 0 amide bonds. The molecule has 0 aliphatic rings. The zero-order valence-electron chi connectivity index (χ0n) is 15.0. The number of thiazole rings is 1. The van der Waals surface area contributed by atoms with Crippen molar-refractivity contribution in [1.29, 1.82) is 0 Å². The van der Waals surface area contributed by atoms with Crippen LogP contribution in [-0.2, 0) is 13.1 Å². The fraction of sp³-hybridized carbons (Fsp3) is 0.300. The highest BCUT2D eigenvalue weighted by atomic mass is 32.1. The molecule has 0 saturated carbocycles. The number of nitrogens with one attached hydrogen (secondary N) is 2. The standard InChI is InChI=1S/C20H24N4S/c1-4-21-20(23-13-19-24-14(2)15(3)25-19)22-12-16-9-10-17-7-5-6-8-18(17)11-16/h5-11H,4,12-13H2,1-3H3,(H2,21,22,23). The number of fused-ring (bicyclic) bond motifs is 1. The fourth-order valence-corrected chi connectivity index (χ4v) is 3.50. The van der Waals surface area contributed by atoms with Crippen molar-refractivity contribution in [2.45, 2.75) is 33.9 Å². The van der Waals surface area contributed by atoms with Crippen LogP contribution in [-0.4, -0.2) is 17.5 Å². The molecule has 0 atom stereocenters. The highest BCUT2D eigenvalue weighted by Crippen LogP contribution is 2.17. The molecule has 0 aliphatic carbocycles. The van der Waals surface area contributed by atoms with Gasteiger partial charge in [0.2, 0.25) is 0 Å². The lowest BCUT2D eigenvalue weighted by Crippen LogP contribution is -2.36. The first-order valence-corrected chi connectivity index (χ1v) is 9.40.